The number of aromatic nitrogens is 2. The summed E-state index contributed by atoms with van der Waals surface area (Å²) in [5.41, 5.74) is 12.3. The van der Waals surface area contributed by atoms with Crippen LogP contribution in [0.25, 0.3) is 10.9 Å². The van der Waals surface area contributed by atoms with E-state index in [9.17, 15) is 4.79 Å². The molecule has 0 saturated heterocycles. The number of fused-ring (bicyclic) bond motifs is 1. The molecule has 1 amide bonds. The van der Waals surface area contributed by atoms with Crippen molar-refractivity contribution >= 4 is 50.9 Å². The first-order valence-electron chi connectivity index (χ1n) is 11.2. The van der Waals surface area contributed by atoms with Gasteiger partial charge in [-0.3, -0.25) is 9.78 Å². The molecule has 5 aromatic rings. The van der Waals surface area contributed by atoms with E-state index in [1.807, 2.05) is 96.8 Å². The topological polar surface area (TPSA) is 96.0 Å². The van der Waals surface area contributed by atoms with E-state index in [-0.39, 0.29) is 30.7 Å². The molecule has 0 atom stereocenters. The zero-order chi connectivity index (χ0) is 24.2. The maximum Gasteiger partial charge on any atom is 0.255 e. The second-order valence-corrected chi connectivity index (χ2v) is 8.25. The van der Waals surface area contributed by atoms with Gasteiger partial charge in [0.1, 0.15) is 7.05 Å². The number of nitrogens with two attached hydrogens (primary N) is 1. The van der Waals surface area contributed by atoms with Crippen LogP contribution in [0.15, 0.2) is 104 Å². The monoisotopic (exact) mass is 531 g/mol. The minimum atomic E-state index is -0.176. The Morgan fingerprint density at radius 1 is 0.784 bits per heavy atom. The van der Waals surface area contributed by atoms with E-state index in [0.29, 0.717) is 16.9 Å². The average Bonchev–Trinajstić information content (AvgIpc) is 2.86. The fourth-order valence-corrected chi connectivity index (χ4v) is 3.76. The summed E-state index contributed by atoms with van der Waals surface area (Å²) >= 11 is 0. The number of anilines is 6. The second kappa shape index (κ2) is 12.1. The van der Waals surface area contributed by atoms with Gasteiger partial charge < -0.3 is 46.5 Å². The van der Waals surface area contributed by atoms with Crippen molar-refractivity contribution in [1.82, 2.24) is 4.98 Å². The molecule has 188 valence electrons. The number of halogens is 2. The molecule has 5 rings (SSSR count). The molecule has 0 saturated carbocycles. The minimum absolute atomic E-state index is 0. The van der Waals surface area contributed by atoms with Crippen LogP contribution in [0.5, 0.6) is 0 Å². The summed E-state index contributed by atoms with van der Waals surface area (Å²) in [4.78, 5) is 17.2. The van der Waals surface area contributed by atoms with Crippen LogP contribution in [0.4, 0.5) is 34.1 Å². The van der Waals surface area contributed by atoms with Gasteiger partial charge in [-0.05, 0) is 66.7 Å². The Kier molecular flexibility index (Phi) is 8.90. The molecule has 0 aliphatic heterocycles. The Labute approximate surface area is 227 Å². The van der Waals surface area contributed by atoms with Gasteiger partial charge in [0.25, 0.3) is 5.91 Å². The first-order valence-corrected chi connectivity index (χ1v) is 11.2. The summed E-state index contributed by atoms with van der Waals surface area (Å²) in [7, 11) is 1.97. The number of aryl methyl sites for hydroxylation is 1. The van der Waals surface area contributed by atoms with Crippen molar-refractivity contribution in [2.45, 2.75) is 0 Å². The van der Waals surface area contributed by atoms with E-state index in [1.165, 1.54) is 0 Å². The molecule has 9 heteroatoms. The first-order chi connectivity index (χ1) is 17.0. The van der Waals surface area contributed by atoms with E-state index in [1.54, 1.807) is 18.3 Å². The van der Waals surface area contributed by atoms with Gasteiger partial charge in [0.05, 0.1) is 11.2 Å². The van der Waals surface area contributed by atoms with E-state index in [2.05, 4.69) is 20.9 Å². The standard InChI is InChI=1S/C28H24N6O.2ClH/c1-34-15-12-22(13-16-34)31-23-3-2-4-24(18-23)33-28(35)19-5-8-21(9-6-19)32-26-11-14-30-27-17-20(29)7-10-25(26)27;;/h2-18H,1H3,(H4,29,30,32,33,35);2*1H/p-1. The molecule has 0 fully saturated rings. The normalized spacial score (nSPS) is 10.1. The third-order valence-corrected chi connectivity index (χ3v) is 5.58. The number of nitrogen functional groups attached to an aromatic ring is 1. The highest BCUT2D eigenvalue weighted by molar-refractivity contribution is 6.04. The maximum absolute atomic E-state index is 12.8. The number of rotatable bonds is 6. The second-order valence-electron chi connectivity index (χ2n) is 8.25. The van der Waals surface area contributed by atoms with Crippen molar-refractivity contribution in [2.75, 3.05) is 21.7 Å². The Morgan fingerprint density at radius 3 is 2.24 bits per heavy atom. The smallest absolute Gasteiger partial charge is 0.255 e. The molecule has 2 heterocycles. The number of benzene rings is 3. The highest BCUT2D eigenvalue weighted by Crippen LogP contribution is 2.27. The van der Waals surface area contributed by atoms with Crippen LogP contribution in [0, 0.1) is 0 Å². The highest BCUT2D eigenvalue weighted by atomic mass is 35.5. The van der Waals surface area contributed by atoms with Gasteiger partial charge in [-0.25, -0.2) is 4.57 Å². The van der Waals surface area contributed by atoms with Crippen molar-refractivity contribution in [1.29, 1.82) is 0 Å². The Balaban J connectivity index is 0.00000190. The zero-order valence-corrected chi connectivity index (χ0v) is 21.5. The lowest BCUT2D eigenvalue weighted by atomic mass is 10.1. The predicted octanol–water partition coefficient (Wildman–Crippen LogP) is -0.611. The van der Waals surface area contributed by atoms with Crippen LogP contribution >= 0.6 is 0 Å². The zero-order valence-electron chi connectivity index (χ0n) is 20.0. The molecule has 0 spiro atoms. The fourth-order valence-electron chi connectivity index (χ4n) is 3.76. The summed E-state index contributed by atoms with van der Waals surface area (Å²) in [5.74, 6) is -0.176. The summed E-state index contributed by atoms with van der Waals surface area (Å²) in [6, 6.07) is 26.5. The molecular formula is C28H25Cl2N6O-. The summed E-state index contributed by atoms with van der Waals surface area (Å²) in [6.45, 7) is 0. The molecule has 7 nitrogen and oxygen atoms in total. The van der Waals surface area contributed by atoms with Gasteiger partial charge in [0.15, 0.2) is 12.4 Å². The van der Waals surface area contributed by atoms with Crippen LogP contribution in [0.1, 0.15) is 10.4 Å². The van der Waals surface area contributed by atoms with Crippen LogP contribution in [0.3, 0.4) is 0 Å². The Bertz CT molecular complexity index is 1510. The van der Waals surface area contributed by atoms with Crippen molar-refractivity contribution < 1.29 is 34.2 Å². The Hall–Kier alpha value is -4.33. The number of nitrogens with one attached hydrogen (secondary N) is 3. The Morgan fingerprint density at radius 2 is 1.49 bits per heavy atom. The van der Waals surface area contributed by atoms with Crippen LogP contribution in [0.2, 0.25) is 0 Å². The van der Waals surface area contributed by atoms with Crippen molar-refractivity contribution in [3.05, 3.63) is 109 Å². The number of amides is 1. The van der Waals surface area contributed by atoms with E-state index in [4.69, 9.17) is 5.73 Å². The maximum atomic E-state index is 12.8. The summed E-state index contributed by atoms with van der Waals surface area (Å²) < 4.78 is 1.97. The largest absolute Gasteiger partial charge is 1.00 e. The van der Waals surface area contributed by atoms with Crippen LogP contribution in [-0.2, 0) is 7.05 Å². The number of carbonyl (C=O) groups excluding carboxylic acids is 1. The van der Waals surface area contributed by atoms with Crippen LogP contribution in [-0.4, -0.2) is 10.9 Å². The molecule has 2 aromatic heterocycles. The van der Waals surface area contributed by atoms with Crippen LogP contribution < -0.4 is 51.1 Å². The van der Waals surface area contributed by atoms with E-state index >= 15 is 0 Å². The molecular weight excluding hydrogens is 507 g/mol. The van der Waals surface area contributed by atoms with Gasteiger partial charge in [-0.15, -0.1) is 0 Å². The van der Waals surface area contributed by atoms with Crippen molar-refractivity contribution in [3.63, 3.8) is 0 Å². The molecule has 37 heavy (non-hydrogen) atoms. The average molecular weight is 532 g/mol. The fraction of sp³-hybridized carbons (Fsp3) is 0.0357. The number of carbonyl (C=O) groups is 1. The number of nitrogens with zero attached hydrogens (tertiary/aromatic N) is 2. The SMILES string of the molecule is C[n+]1ccc(Nc2cccc(NC(=O)c3ccc(Nc4ccnc5cc(N)ccc45)cc3)c2)cc1.[Cl-].[Cl-]. The summed E-state index contributed by atoms with van der Waals surface area (Å²) in [5, 5.41) is 10.7. The predicted molar refractivity (Wildman–Crippen MR) is 141 cm³/mol. The first kappa shape index (κ1) is 27.3. The number of pyridine rings is 2. The van der Waals surface area contributed by atoms with Crippen molar-refractivity contribution in [3.8, 4) is 0 Å². The van der Waals surface area contributed by atoms with Crippen molar-refractivity contribution in [2.24, 2.45) is 7.05 Å². The lowest BCUT2D eigenvalue weighted by molar-refractivity contribution is -0.671. The minimum Gasteiger partial charge on any atom is -1.00 e. The molecule has 0 aliphatic rings. The highest BCUT2D eigenvalue weighted by Gasteiger charge is 2.08. The lowest BCUT2D eigenvalue weighted by Gasteiger charge is -2.11. The van der Waals surface area contributed by atoms with Gasteiger partial charge in [0, 0.05) is 57.7 Å². The molecule has 3 aromatic carbocycles. The summed E-state index contributed by atoms with van der Waals surface area (Å²) in [6.07, 6.45) is 5.69. The quantitative estimate of drug-likeness (QED) is 0.173. The molecule has 5 N–H and O–H groups in total. The molecule has 0 radical (unpaired) electrons. The van der Waals surface area contributed by atoms with E-state index in [0.717, 1.165) is 33.7 Å². The van der Waals surface area contributed by atoms with E-state index < -0.39 is 0 Å². The number of hydrogen-bond acceptors (Lipinski definition) is 5. The van der Waals surface area contributed by atoms with Gasteiger partial charge >= 0.3 is 0 Å². The lowest BCUT2D eigenvalue weighted by Crippen LogP contribution is -3.00. The molecule has 0 unspecified atom stereocenters. The van der Waals surface area contributed by atoms with Gasteiger partial charge in [-0.1, -0.05) is 6.07 Å². The van der Waals surface area contributed by atoms with Gasteiger partial charge in [-0.2, -0.15) is 0 Å². The van der Waals surface area contributed by atoms with Gasteiger partial charge in [0.2, 0.25) is 0 Å². The third-order valence-electron chi connectivity index (χ3n) is 5.58. The molecule has 0 aliphatic carbocycles. The number of hydrogen-bond donors (Lipinski definition) is 4. The third kappa shape index (κ3) is 6.67. The molecule has 0 bridgehead atoms.